The highest BCUT2D eigenvalue weighted by molar-refractivity contribution is 5.85. The van der Waals surface area contributed by atoms with E-state index in [-0.39, 0.29) is 6.10 Å². The number of aryl methyl sites for hydroxylation is 2. The van der Waals surface area contributed by atoms with Crippen LogP contribution in [0.1, 0.15) is 30.2 Å². The second-order valence-corrected chi connectivity index (χ2v) is 4.87. The van der Waals surface area contributed by atoms with Gasteiger partial charge in [-0.2, -0.15) is 0 Å². The van der Waals surface area contributed by atoms with Crippen LogP contribution in [-0.4, -0.2) is 16.2 Å². The molecule has 0 aliphatic heterocycles. The van der Waals surface area contributed by atoms with E-state index in [0.717, 1.165) is 6.42 Å². The van der Waals surface area contributed by atoms with Crippen molar-refractivity contribution in [3.05, 3.63) is 35.0 Å². The third kappa shape index (κ3) is 1.54. The molecule has 0 amide bonds. The zero-order valence-electron chi connectivity index (χ0n) is 9.59. The Morgan fingerprint density at radius 3 is 3.06 bits per heavy atom. The minimum Gasteiger partial charge on any atom is -0.393 e. The quantitative estimate of drug-likeness (QED) is 0.793. The minimum absolute atomic E-state index is 0.260. The van der Waals surface area contributed by atoms with Gasteiger partial charge in [-0.25, -0.2) is 0 Å². The molecule has 0 saturated heterocycles. The number of aromatic nitrogens is 1. The summed E-state index contributed by atoms with van der Waals surface area (Å²) >= 11 is 0. The second-order valence-electron chi connectivity index (χ2n) is 4.87. The van der Waals surface area contributed by atoms with Crippen LogP contribution in [0.5, 0.6) is 0 Å². The standard InChI is InChI=1S/C14H17NO/c1-9(16)7-10-5-6-14-12(8-10)11-3-2-4-13(11)15-14/h5-6,8-9,15-16H,2-4,7H2,1H3. The molecule has 1 aromatic heterocycles. The van der Waals surface area contributed by atoms with E-state index in [4.69, 9.17) is 0 Å². The number of hydrogen-bond donors (Lipinski definition) is 2. The summed E-state index contributed by atoms with van der Waals surface area (Å²) in [4.78, 5) is 3.49. The minimum atomic E-state index is -0.260. The maximum absolute atomic E-state index is 9.41. The van der Waals surface area contributed by atoms with Gasteiger partial charge in [-0.05, 0) is 55.9 Å². The lowest BCUT2D eigenvalue weighted by molar-refractivity contribution is 0.195. The molecule has 0 saturated carbocycles. The average molecular weight is 215 g/mol. The fraction of sp³-hybridized carbons (Fsp3) is 0.429. The maximum Gasteiger partial charge on any atom is 0.0552 e. The number of fused-ring (bicyclic) bond motifs is 3. The second kappa shape index (κ2) is 3.63. The van der Waals surface area contributed by atoms with Crippen molar-refractivity contribution in [2.45, 2.75) is 38.7 Å². The van der Waals surface area contributed by atoms with Crippen molar-refractivity contribution >= 4 is 10.9 Å². The monoisotopic (exact) mass is 215 g/mol. The molecule has 0 bridgehead atoms. The van der Waals surface area contributed by atoms with Gasteiger partial charge >= 0.3 is 0 Å². The molecular weight excluding hydrogens is 198 g/mol. The van der Waals surface area contributed by atoms with Crippen molar-refractivity contribution in [2.75, 3.05) is 0 Å². The Morgan fingerprint density at radius 2 is 2.25 bits per heavy atom. The number of aliphatic hydroxyl groups is 1. The van der Waals surface area contributed by atoms with Gasteiger partial charge in [-0.15, -0.1) is 0 Å². The van der Waals surface area contributed by atoms with E-state index in [0.29, 0.717) is 0 Å². The lowest BCUT2D eigenvalue weighted by Gasteiger charge is -2.04. The SMILES string of the molecule is CC(O)Cc1ccc2[nH]c3c(c2c1)CCC3. The van der Waals surface area contributed by atoms with Crippen LogP contribution >= 0.6 is 0 Å². The molecule has 84 valence electrons. The van der Waals surface area contributed by atoms with Gasteiger partial charge in [0.25, 0.3) is 0 Å². The van der Waals surface area contributed by atoms with Gasteiger partial charge < -0.3 is 10.1 Å². The van der Waals surface area contributed by atoms with Gasteiger partial charge in [0, 0.05) is 16.6 Å². The molecule has 2 aromatic rings. The molecule has 1 heterocycles. The van der Waals surface area contributed by atoms with Crippen LogP contribution in [0.2, 0.25) is 0 Å². The van der Waals surface area contributed by atoms with E-state index in [9.17, 15) is 5.11 Å². The summed E-state index contributed by atoms with van der Waals surface area (Å²) in [6, 6.07) is 6.49. The average Bonchev–Trinajstić information content (AvgIpc) is 2.77. The lowest BCUT2D eigenvalue weighted by Crippen LogP contribution is -2.03. The normalized spacial score (nSPS) is 16.6. The summed E-state index contributed by atoms with van der Waals surface area (Å²) in [6.07, 6.45) is 4.15. The van der Waals surface area contributed by atoms with Crippen LogP contribution in [0.25, 0.3) is 10.9 Å². The summed E-state index contributed by atoms with van der Waals surface area (Å²) in [6.45, 7) is 1.84. The molecule has 0 spiro atoms. The fourth-order valence-corrected chi connectivity index (χ4v) is 2.76. The van der Waals surface area contributed by atoms with Gasteiger partial charge in [0.05, 0.1) is 6.10 Å². The van der Waals surface area contributed by atoms with Gasteiger partial charge in [-0.3, -0.25) is 0 Å². The Morgan fingerprint density at radius 1 is 1.38 bits per heavy atom. The zero-order valence-corrected chi connectivity index (χ0v) is 9.59. The molecule has 16 heavy (non-hydrogen) atoms. The van der Waals surface area contributed by atoms with E-state index in [1.165, 1.54) is 47.0 Å². The number of rotatable bonds is 2. The van der Waals surface area contributed by atoms with Crippen LogP contribution in [0.3, 0.4) is 0 Å². The summed E-state index contributed by atoms with van der Waals surface area (Å²) in [5.41, 5.74) is 5.40. The highest BCUT2D eigenvalue weighted by Crippen LogP contribution is 2.30. The Kier molecular flexibility index (Phi) is 2.25. The number of benzene rings is 1. The molecular formula is C14H17NO. The van der Waals surface area contributed by atoms with Crippen LogP contribution in [0, 0.1) is 0 Å². The van der Waals surface area contributed by atoms with Gasteiger partial charge in [-0.1, -0.05) is 6.07 Å². The summed E-state index contributed by atoms with van der Waals surface area (Å²) in [7, 11) is 0. The third-order valence-electron chi connectivity index (χ3n) is 3.44. The van der Waals surface area contributed by atoms with E-state index in [1.54, 1.807) is 0 Å². The number of aliphatic hydroxyl groups excluding tert-OH is 1. The molecule has 1 aliphatic carbocycles. The van der Waals surface area contributed by atoms with E-state index >= 15 is 0 Å². The first-order valence-corrected chi connectivity index (χ1v) is 6.04. The summed E-state index contributed by atoms with van der Waals surface area (Å²) < 4.78 is 0. The van der Waals surface area contributed by atoms with E-state index in [1.807, 2.05) is 6.92 Å². The first-order chi connectivity index (χ1) is 7.74. The summed E-state index contributed by atoms with van der Waals surface area (Å²) in [5.74, 6) is 0. The van der Waals surface area contributed by atoms with Crippen LogP contribution in [0.4, 0.5) is 0 Å². The van der Waals surface area contributed by atoms with Crippen molar-refractivity contribution in [1.29, 1.82) is 0 Å². The van der Waals surface area contributed by atoms with Crippen LogP contribution in [0.15, 0.2) is 18.2 Å². The highest BCUT2D eigenvalue weighted by Gasteiger charge is 2.16. The zero-order chi connectivity index (χ0) is 11.1. The Labute approximate surface area is 95.3 Å². The van der Waals surface area contributed by atoms with Gasteiger partial charge in [0.1, 0.15) is 0 Å². The molecule has 2 N–H and O–H groups in total. The van der Waals surface area contributed by atoms with E-state index < -0.39 is 0 Å². The number of aromatic amines is 1. The van der Waals surface area contributed by atoms with Gasteiger partial charge in [0.15, 0.2) is 0 Å². The first kappa shape index (κ1) is 9.91. The smallest absolute Gasteiger partial charge is 0.0552 e. The largest absolute Gasteiger partial charge is 0.393 e. The molecule has 1 aliphatic rings. The van der Waals surface area contributed by atoms with Crippen molar-refractivity contribution in [1.82, 2.24) is 4.98 Å². The highest BCUT2D eigenvalue weighted by atomic mass is 16.3. The number of nitrogens with one attached hydrogen (secondary N) is 1. The van der Waals surface area contributed by atoms with Crippen molar-refractivity contribution < 1.29 is 5.11 Å². The molecule has 1 unspecified atom stereocenters. The Bertz CT molecular complexity index is 525. The Balaban J connectivity index is 2.09. The molecule has 0 radical (unpaired) electrons. The molecule has 3 rings (SSSR count). The molecule has 1 aromatic carbocycles. The molecule has 2 nitrogen and oxygen atoms in total. The first-order valence-electron chi connectivity index (χ1n) is 6.04. The van der Waals surface area contributed by atoms with Crippen molar-refractivity contribution in [3.8, 4) is 0 Å². The summed E-state index contributed by atoms with van der Waals surface area (Å²) in [5, 5.41) is 10.8. The lowest BCUT2D eigenvalue weighted by atomic mass is 10.0. The maximum atomic E-state index is 9.41. The predicted molar refractivity (Wildman–Crippen MR) is 65.7 cm³/mol. The predicted octanol–water partition coefficient (Wildman–Crippen LogP) is 2.58. The Hall–Kier alpha value is -1.28. The molecule has 2 heteroatoms. The molecule has 0 fully saturated rings. The third-order valence-corrected chi connectivity index (χ3v) is 3.44. The van der Waals surface area contributed by atoms with Crippen molar-refractivity contribution in [3.63, 3.8) is 0 Å². The van der Waals surface area contributed by atoms with E-state index in [2.05, 4.69) is 23.2 Å². The number of H-pyrrole nitrogens is 1. The molecule has 1 atom stereocenters. The van der Waals surface area contributed by atoms with Gasteiger partial charge in [0.2, 0.25) is 0 Å². The topological polar surface area (TPSA) is 36.0 Å². The number of hydrogen-bond acceptors (Lipinski definition) is 1. The fourth-order valence-electron chi connectivity index (χ4n) is 2.76. The van der Waals surface area contributed by atoms with Crippen LogP contribution < -0.4 is 0 Å². The van der Waals surface area contributed by atoms with Crippen molar-refractivity contribution in [2.24, 2.45) is 0 Å². The van der Waals surface area contributed by atoms with Crippen LogP contribution in [-0.2, 0) is 19.3 Å².